The summed E-state index contributed by atoms with van der Waals surface area (Å²) in [6.45, 7) is 0. The summed E-state index contributed by atoms with van der Waals surface area (Å²) >= 11 is 0. The van der Waals surface area contributed by atoms with Crippen molar-refractivity contribution in [2.75, 3.05) is 0 Å². The highest BCUT2D eigenvalue weighted by Crippen LogP contribution is 2.07. The van der Waals surface area contributed by atoms with Gasteiger partial charge in [0.15, 0.2) is 0 Å². The first-order valence-electron chi connectivity index (χ1n) is 3.23. The van der Waals surface area contributed by atoms with Crippen molar-refractivity contribution in [3.63, 3.8) is 0 Å². The van der Waals surface area contributed by atoms with Crippen LogP contribution in [0.2, 0.25) is 0 Å². The van der Waals surface area contributed by atoms with Gasteiger partial charge in [-0.05, 0) is 28.2 Å². The SMILES string of the molecule is N/C=C/c1ccc([N+](=O)[O-])nc1. The largest absolute Gasteiger partial charge is 0.405 e. The number of pyridine rings is 1. The first-order chi connectivity index (χ1) is 5.74. The summed E-state index contributed by atoms with van der Waals surface area (Å²) in [5.41, 5.74) is 5.86. The van der Waals surface area contributed by atoms with Crippen molar-refractivity contribution in [2.24, 2.45) is 5.73 Å². The molecule has 1 rings (SSSR count). The second-order valence-electron chi connectivity index (χ2n) is 2.07. The smallest absolute Gasteiger partial charge is 0.363 e. The van der Waals surface area contributed by atoms with Crippen molar-refractivity contribution >= 4 is 11.9 Å². The molecule has 0 saturated carbocycles. The van der Waals surface area contributed by atoms with Gasteiger partial charge in [-0.15, -0.1) is 0 Å². The normalized spacial score (nSPS) is 10.3. The lowest BCUT2D eigenvalue weighted by atomic mass is 10.3. The molecule has 0 aliphatic rings. The fourth-order valence-electron chi connectivity index (χ4n) is 0.715. The summed E-state index contributed by atoms with van der Waals surface area (Å²) in [4.78, 5) is 13.2. The van der Waals surface area contributed by atoms with E-state index in [1.54, 1.807) is 12.1 Å². The van der Waals surface area contributed by atoms with E-state index in [0.717, 1.165) is 5.56 Å². The Balaban J connectivity index is 2.93. The number of rotatable bonds is 2. The van der Waals surface area contributed by atoms with Gasteiger partial charge in [-0.25, -0.2) is 0 Å². The monoisotopic (exact) mass is 165 g/mol. The molecule has 0 aromatic carbocycles. The van der Waals surface area contributed by atoms with Gasteiger partial charge in [-0.1, -0.05) is 0 Å². The third kappa shape index (κ3) is 1.79. The lowest BCUT2D eigenvalue weighted by molar-refractivity contribution is -0.389. The van der Waals surface area contributed by atoms with Gasteiger partial charge in [-0.2, -0.15) is 0 Å². The van der Waals surface area contributed by atoms with Gasteiger partial charge in [-0.3, -0.25) is 0 Å². The van der Waals surface area contributed by atoms with Crippen molar-refractivity contribution in [2.45, 2.75) is 0 Å². The lowest BCUT2D eigenvalue weighted by Crippen LogP contribution is -1.91. The standard InChI is InChI=1S/C7H7N3O2/c8-4-3-6-1-2-7(9-5-6)10(11)12/h1-5H,8H2/b4-3+. The van der Waals surface area contributed by atoms with Crippen LogP contribution < -0.4 is 5.73 Å². The third-order valence-electron chi connectivity index (χ3n) is 1.25. The predicted octanol–water partition coefficient (Wildman–Crippen LogP) is 0.919. The molecule has 0 aliphatic carbocycles. The summed E-state index contributed by atoms with van der Waals surface area (Å²) in [5, 5.41) is 10.2. The van der Waals surface area contributed by atoms with E-state index in [1.807, 2.05) is 0 Å². The van der Waals surface area contributed by atoms with Crippen molar-refractivity contribution in [1.29, 1.82) is 0 Å². The third-order valence-corrected chi connectivity index (χ3v) is 1.25. The minimum atomic E-state index is -0.546. The number of nitrogens with zero attached hydrogens (tertiary/aromatic N) is 2. The van der Waals surface area contributed by atoms with E-state index in [9.17, 15) is 10.1 Å². The summed E-state index contributed by atoms with van der Waals surface area (Å²) in [7, 11) is 0. The van der Waals surface area contributed by atoms with Crippen LogP contribution in [0.15, 0.2) is 24.5 Å². The second-order valence-corrected chi connectivity index (χ2v) is 2.07. The molecule has 0 bridgehead atoms. The highest BCUT2D eigenvalue weighted by atomic mass is 16.6. The fraction of sp³-hybridized carbons (Fsp3) is 0. The van der Waals surface area contributed by atoms with E-state index >= 15 is 0 Å². The van der Waals surface area contributed by atoms with Crippen molar-refractivity contribution < 1.29 is 4.92 Å². The van der Waals surface area contributed by atoms with Crippen LogP contribution in [0, 0.1) is 10.1 Å². The van der Waals surface area contributed by atoms with Crippen molar-refractivity contribution in [3.8, 4) is 0 Å². The number of nitro groups is 1. The average Bonchev–Trinajstić information content (AvgIpc) is 2.06. The Morgan fingerprint density at radius 1 is 1.58 bits per heavy atom. The van der Waals surface area contributed by atoms with Gasteiger partial charge < -0.3 is 15.8 Å². The van der Waals surface area contributed by atoms with Gasteiger partial charge in [0.2, 0.25) is 0 Å². The molecule has 1 heterocycles. The molecule has 0 aliphatic heterocycles. The van der Waals surface area contributed by atoms with Gasteiger partial charge in [0.05, 0.1) is 0 Å². The molecular weight excluding hydrogens is 158 g/mol. The zero-order valence-electron chi connectivity index (χ0n) is 6.18. The second kappa shape index (κ2) is 3.47. The number of aromatic nitrogens is 1. The molecule has 1 aromatic heterocycles. The topological polar surface area (TPSA) is 82.0 Å². The first kappa shape index (κ1) is 8.19. The Hall–Kier alpha value is -1.91. The van der Waals surface area contributed by atoms with Gasteiger partial charge in [0.25, 0.3) is 0 Å². The summed E-state index contributed by atoms with van der Waals surface area (Å²) < 4.78 is 0. The highest BCUT2D eigenvalue weighted by Gasteiger charge is 2.03. The van der Waals surface area contributed by atoms with Crippen LogP contribution in [0.25, 0.3) is 6.08 Å². The van der Waals surface area contributed by atoms with Crippen molar-refractivity contribution in [3.05, 3.63) is 40.2 Å². The quantitative estimate of drug-likeness (QED) is 0.521. The van der Waals surface area contributed by atoms with E-state index in [1.165, 1.54) is 18.5 Å². The molecule has 2 N–H and O–H groups in total. The van der Waals surface area contributed by atoms with Crippen LogP contribution in [-0.4, -0.2) is 9.91 Å². The lowest BCUT2D eigenvalue weighted by Gasteiger charge is -1.90. The zero-order valence-corrected chi connectivity index (χ0v) is 6.18. The molecule has 0 amide bonds. The Morgan fingerprint density at radius 2 is 2.33 bits per heavy atom. The molecule has 12 heavy (non-hydrogen) atoms. The van der Waals surface area contributed by atoms with E-state index in [-0.39, 0.29) is 5.82 Å². The molecule has 0 fully saturated rings. The zero-order chi connectivity index (χ0) is 8.97. The maximum atomic E-state index is 10.2. The number of nitrogens with two attached hydrogens (primary N) is 1. The number of hydrogen-bond acceptors (Lipinski definition) is 4. The molecule has 0 radical (unpaired) electrons. The predicted molar refractivity (Wildman–Crippen MR) is 44.1 cm³/mol. The van der Waals surface area contributed by atoms with E-state index < -0.39 is 4.92 Å². The maximum absolute atomic E-state index is 10.2. The molecular formula is C7H7N3O2. The molecule has 5 nitrogen and oxygen atoms in total. The maximum Gasteiger partial charge on any atom is 0.363 e. The molecule has 0 spiro atoms. The van der Waals surface area contributed by atoms with Crippen LogP contribution in [0.3, 0.4) is 0 Å². The Morgan fingerprint density at radius 3 is 2.75 bits per heavy atom. The minimum Gasteiger partial charge on any atom is -0.405 e. The van der Waals surface area contributed by atoms with Gasteiger partial charge >= 0.3 is 5.82 Å². The van der Waals surface area contributed by atoms with Crippen LogP contribution in [-0.2, 0) is 0 Å². The average molecular weight is 165 g/mol. The molecule has 5 heteroatoms. The minimum absolute atomic E-state index is 0.163. The summed E-state index contributed by atoms with van der Waals surface area (Å²) in [6, 6.07) is 2.91. The molecule has 0 saturated heterocycles. The van der Waals surface area contributed by atoms with Gasteiger partial charge in [0.1, 0.15) is 6.20 Å². The van der Waals surface area contributed by atoms with Crippen molar-refractivity contribution in [1.82, 2.24) is 4.98 Å². The summed E-state index contributed by atoms with van der Waals surface area (Å²) in [5.74, 6) is -0.163. The Kier molecular flexibility index (Phi) is 2.37. The van der Waals surface area contributed by atoms with Crippen LogP contribution in [0.4, 0.5) is 5.82 Å². The van der Waals surface area contributed by atoms with Crippen LogP contribution in [0.1, 0.15) is 5.56 Å². The van der Waals surface area contributed by atoms with Gasteiger partial charge in [0, 0.05) is 11.6 Å². The van der Waals surface area contributed by atoms with E-state index in [0.29, 0.717) is 0 Å². The van der Waals surface area contributed by atoms with E-state index in [2.05, 4.69) is 4.98 Å². The van der Waals surface area contributed by atoms with Crippen LogP contribution >= 0.6 is 0 Å². The summed E-state index contributed by atoms with van der Waals surface area (Å²) in [6.07, 6.45) is 4.35. The van der Waals surface area contributed by atoms with E-state index in [4.69, 9.17) is 5.73 Å². The highest BCUT2D eigenvalue weighted by molar-refractivity contribution is 5.48. The molecule has 62 valence electrons. The molecule has 0 unspecified atom stereocenters. The fourth-order valence-corrected chi connectivity index (χ4v) is 0.715. The molecule has 1 aromatic rings. The number of hydrogen-bond donors (Lipinski definition) is 1. The molecule has 0 atom stereocenters. The first-order valence-corrected chi connectivity index (χ1v) is 3.23. The van der Waals surface area contributed by atoms with Crippen LogP contribution in [0.5, 0.6) is 0 Å². The Labute approximate surface area is 68.7 Å². The Bertz CT molecular complexity index is 305.